The van der Waals surface area contributed by atoms with E-state index >= 15 is 0 Å². The number of ether oxygens (including phenoxy) is 1. The summed E-state index contributed by atoms with van der Waals surface area (Å²) in [6, 6.07) is 2.11. The fourth-order valence-electron chi connectivity index (χ4n) is 3.41. The molecule has 0 unspecified atom stereocenters. The molecule has 0 aromatic carbocycles. The van der Waals surface area contributed by atoms with E-state index in [0.29, 0.717) is 17.9 Å². The van der Waals surface area contributed by atoms with E-state index in [2.05, 4.69) is 24.8 Å². The van der Waals surface area contributed by atoms with E-state index in [4.69, 9.17) is 14.7 Å². The average Bonchev–Trinajstić information content (AvgIpc) is 2.89. The van der Waals surface area contributed by atoms with Crippen molar-refractivity contribution in [1.82, 2.24) is 19.4 Å². The molecule has 1 aliphatic heterocycles. The second kappa shape index (κ2) is 6.11. The van der Waals surface area contributed by atoms with Gasteiger partial charge in [-0.2, -0.15) is 0 Å². The molecule has 7 heteroatoms. The second-order valence-corrected chi connectivity index (χ2v) is 8.87. The van der Waals surface area contributed by atoms with E-state index in [9.17, 15) is 4.79 Å². The monoisotopic (exact) mass is 372 g/mol. The zero-order valence-corrected chi connectivity index (χ0v) is 16.7. The van der Waals surface area contributed by atoms with Crippen LogP contribution in [0.4, 0.5) is 0 Å². The molecule has 0 bridgehead atoms. The molecule has 0 spiro atoms. The lowest BCUT2D eigenvalue weighted by Gasteiger charge is -2.30. The zero-order chi connectivity index (χ0) is 18.6. The molecule has 0 atom stereocenters. The van der Waals surface area contributed by atoms with Gasteiger partial charge in [-0.15, -0.1) is 11.3 Å². The van der Waals surface area contributed by atoms with Crippen LogP contribution in [0, 0.1) is 6.92 Å². The van der Waals surface area contributed by atoms with Crippen LogP contribution in [0.2, 0.25) is 0 Å². The van der Waals surface area contributed by atoms with Gasteiger partial charge in [0.05, 0.1) is 23.4 Å². The van der Waals surface area contributed by atoms with Crippen LogP contribution < -0.4 is 5.56 Å². The maximum atomic E-state index is 13.0. The second-order valence-electron chi connectivity index (χ2n) is 7.87. The number of pyridine rings is 1. The standard InChI is InChI=1S/C19H24N4O2S/c1-11-20-15-13-8-12-10-25-19(2,3)9-14(12)21-17(13)26-16(15)18(24)23(11)7-6-22(4)5/h8H,6-7,9-10H2,1-5H3. The van der Waals surface area contributed by atoms with Crippen LogP contribution in [0.15, 0.2) is 10.9 Å². The molecule has 3 aromatic rings. The Kier molecular flexibility index (Phi) is 4.13. The highest BCUT2D eigenvalue weighted by molar-refractivity contribution is 7.25. The van der Waals surface area contributed by atoms with Gasteiger partial charge in [-0.25, -0.2) is 9.97 Å². The first-order chi connectivity index (χ1) is 12.2. The van der Waals surface area contributed by atoms with Crippen LogP contribution in [-0.2, 0) is 24.3 Å². The summed E-state index contributed by atoms with van der Waals surface area (Å²) < 4.78 is 8.38. The number of rotatable bonds is 3. The molecule has 0 amide bonds. The molecule has 26 heavy (non-hydrogen) atoms. The normalized spacial score (nSPS) is 16.5. The number of aryl methyl sites for hydroxylation is 1. The smallest absolute Gasteiger partial charge is 0.271 e. The fraction of sp³-hybridized carbons (Fsp3) is 0.526. The summed E-state index contributed by atoms with van der Waals surface area (Å²) in [5.74, 6) is 0.749. The SMILES string of the molecule is Cc1nc2c(sc3nc4c(cc32)COC(C)(C)C4)c(=O)n1CCN(C)C. The first-order valence-corrected chi connectivity index (χ1v) is 9.68. The Balaban J connectivity index is 1.89. The van der Waals surface area contributed by atoms with Crippen molar-refractivity contribution < 1.29 is 4.74 Å². The molecular weight excluding hydrogens is 348 g/mol. The highest BCUT2D eigenvalue weighted by atomic mass is 32.1. The number of hydrogen-bond acceptors (Lipinski definition) is 6. The molecule has 0 aliphatic carbocycles. The first kappa shape index (κ1) is 17.6. The zero-order valence-electron chi connectivity index (χ0n) is 15.9. The van der Waals surface area contributed by atoms with Gasteiger partial charge in [-0.1, -0.05) is 0 Å². The molecule has 138 valence electrons. The van der Waals surface area contributed by atoms with Crippen molar-refractivity contribution in [3.63, 3.8) is 0 Å². The summed E-state index contributed by atoms with van der Waals surface area (Å²) >= 11 is 1.46. The predicted octanol–water partition coefficient (Wildman–Crippen LogP) is 2.73. The van der Waals surface area contributed by atoms with Gasteiger partial charge in [0.25, 0.3) is 5.56 Å². The van der Waals surface area contributed by atoms with Crippen molar-refractivity contribution in [2.75, 3.05) is 20.6 Å². The van der Waals surface area contributed by atoms with Crippen molar-refractivity contribution in [2.24, 2.45) is 0 Å². The van der Waals surface area contributed by atoms with Crippen LogP contribution in [-0.4, -0.2) is 45.7 Å². The van der Waals surface area contributed by atoms with Crippen molar-refractivity contribution in [2.45, 2.75) is 45.9 Å². The van der Waals surface area contributed by atoms with E-state index in [1.807, 2.05) is 21.0 Å². The minimum atomic E-state index is -0.196. The minimum absolute atomic E-state index is 0.0342. The van der Waals surface area contributed by atoms with E-state index in [1.165, 1.54) is 11.3 Å². The Morgan fingerprint density at radius 2 is 2.12 bits per heavy atom. The number of fused-ring (bicyclic) bond motifs is 4. The quantitative estimate of drug-likeness (QED) is 0.707. The van der Waals surface area contributed by atoms with Crippen LogP contribution in [0.1, 0.15) is 30.9 Å². The van der Waals surface area contributed by atoms with Gasteiger partial charge in [-0.05, 0) is 40.9 Å². The van der Waals surface area contributed by atoms with Crippen LogP contribution in [0.25, 0.3) is 20.4 Å². The third-order valence-corrected chi connectivity index (χ3v) is 5.99. The number of thiophene rings is 1. The summed E-state index contributed by atoms with van der Waals surface area (Å²) in [5, 5.41) is 0.965. The maximum absolute atomic E-state index is 13.0. The van der Waals surface area contributed by atoms with Gasteiger partial charge >= 0.3 is 0 Å². The molecule has 0 N–H and O–H groups in total. The van der Waals surface area contributed by atoms with Gasteiger partial charge in [-0.3, -0.25) is 9.36 Å². The highest BCUT2D eigenvalue weighted by Gasteiger charge is 2.28. The van der Waals surface area contributed by atoms with Gasteiger partial charge < -0.3 is 9.64 Å². The van der Waals surface area contributed by atoms with Gasteiger partial charge in [0.15, 0.2) is 0 Å². The Hall–Kier alpha value is -1.83. The molecule has 3 aromatic heterocycles. The third kappa shape index (κ3) is 2.94. The average molecular weight is 372 g/mol. The maximum Gasteiger partial charge on any atom is 0.271 e. The third-order valence-electron chi connectivity index (χ3n) is 4.91. The molecule has 1 aliphatic rings. The summed E-state index contributed by atoms with van der Waals surface area (Å²) in [6.07, 6.45) is 0.784. The van der Waals surface area contributed by atoms with Gasteiger partial charge in [0, 0.05) is 30.5 Å². The molecule has 0 radical (unpaired) electrons. The Morgan fingerprint density at radius 1 is 1.35 bits per heavy atom. The summed E-state index contributed by atoms with van der Waals surface area (Å²) in [6.45, 7) is 8.07. The lowest BCUT2D eigenvalue weighted by atomic mass is 9.95. The summed E-state index contributed by atoms with van der Waals surface area (Å²) in [4.78, 5) is 25.6. The van der Waals surface area contributed by atoms with Crippen molar-refractivity contribution in [3.05, 3.63) is 33.5 Å². The number of likely N-dealkylation sites (N-methyl/N-ethyl adjacent to an activating group) is 1. The molecule has 4 heterocycles. The lowest BCUT2D eigenvalue weighted by molar-refractivity contribution is -0.0411. The van der Waals surface area contributed by atoms with E-state index in [1.54, 1.807) is 4.57 Å². The molecular formula is C19H24N4O2S. The predicted molar refractivity (Wildman–Crippen MR) is 105 cm³/mol. The van der Waals surface area contributed by atoms with E-state index in [0.717, 1.165) is 45.8 Å². The molecule has 0 saturated heterocycles. The number of nitrogens with zero attached hydrogens (tertiary/aromatic N) is 4. The summed E-state index contributed by atoms with van der Waals surface area (Å²) in [5.41, 5.74) is 2.79. The Bertz CT molecular complexity index is 1070. The largest absolute Gasteiger partial charge is 0.370 e. The van der Waals surface area contributed by atoms with Crippen LogP contribution >= 0.6 is 11.3 Å². The van der Waals surface area contributed by atoms with Crippen molar-refractivity contribution in [3.8, 4) is 0 Å². The summed E-state index contributed by atoms with van der Waals surface area (Å²) in [7, 11) is 4.01. The van der Waals surface area contributed by atoms with E-state index in [-0.39, 0.29) is 11.2 Å². The number of aromatic nitrogens is 3. The molecule has 0 fully saturated rings. The van der Waals surface area contributed by atoms with Gasteiger partial charge in [0.1, 0.15) is 15.4 Å². The molecule has 4 rings (SSSR count). The molecule has 0 saturated carbocycles. The number of hydrogen-bond donors (Lipinski definition) is 0. The topological polar surface area (TPSA) is 60.3 Å². The lowest BCUT2D eigenvalue weighted by Crippen LogP contribution is -2.32. The fourth-order valence-corrected chi connectivity index (χ4v) is 4.47. The molecule has 6 nitrogen and oxygen atoms in total. The Labute approximate surface area is 156 Å². The minimum Gasteiger partial charge on any atom is -0.370 e. The van der Waals surface area contributed by atoms with Crippen LogP contribution in [0.5, 0.6) is 0 Å². The van der Waals surface area contributed by atoms with Gasteiger partial charge in [0.2, 0.25) is 0 Å². The van der Waals surface area contributed by atoms with E-state index < -0.39 is 0 Å². The van der Waals surface area contributed by atoms with Crippen molar-refractivity contribution >= 4 is 31.8 Å². The highest BCUT2D eigenvalue weighted by Crippen LogP contribution is 2.34. The Morgan fingerprint density at radius 3 is 2.85 bits per heavy atom. The first-order valence-electron chi connectivity index (χ1n) is 8.86. The van der Waals surface area contributed by atoms with Crippen LogP contribution in [0.3, 0.4) is 0 Å². The van der Waals surface area contributed by atoms with Crippen molar-refractivity contribution in [1.29, 1.82) is 0 Å².